The van der Waals surface area contributed by atoms with Crippen LogP contribution < -0.4 is 5.32 Å². The van der Waals surface area contributed by atoms with Gasteiger partial charge in [0.1, 0.15) is 6.04 Å². The van der Waals surface area contributed by atoms with Crippen molar-refractivity contribution in [2.24, 2.45) is 5.92 Å². The molecule has 0 saturated carbocycles. The molecule has 0 radical (unpaired) electrons. The highest BCUT2D eigenvalue weighted by atomic mass is 35.5. The first-order valence-corrected chi connectivity index (χ1v) is 12.1. The molecule has 0 bridgehead atoms. The molecule has 0 aliphatic rings. The van der Waals surface area contributed by atoms with E-state index in [1.807, 2.05) is 79.7 Å². The second kappa shape index (κ2) is 12.4. The van der Waals surface area contributed by atoms with Gasteiger partial charge in [0.15, 0.2) is 0 Å². The number of nitrogens with zero attached hydrogens (tertiary/aromatic N) is 1. The van der Waals surface area contributed by atoms with Crippen LogP contribution in [0.15, 0.2) is 78.9 Å². The van der Waals surface area contributed by atoms with Gasteiger partial charge in [0.2, 0.25) is 11.8 Å². The summed E-state index contributed by atoms with van der Waals surface area (Å²) in [5.41, 5.74) is 3.86. The molecular formula is C29H33ClN2O2. The van der Waals surface area contributed by atoms with Crippen LogP contribution in [0.25, 0.3) is 0 Å². The third-order valence-corrected chi connectivity index (χ3v) is 6.23. The summed E-state index contributed by atoms with van der Waals surface area (Å²) in [5, 5.41) is 3.61. The van der Waals surface area contributed by atoms with Gasteiger partial charge in [-0.25, -0.2) is 0 Å². The van der Waals surface area contributed by atoms with E-state index in [2.05, 4.69) is 19.2 Å². The zero-order valence-corrected chi connectivity index (χ0v) is 20.9. The van der Waals surface area contributed by atoms with E-state index in [1.165, 1.54) is 0 Å². The van der Waals surface area contributed by atoms with E-state index in [9.17, 15) is 9.59 Å². The van der Waals surface area contributed by atoms with Crippen LogP contribution in [-0.2, 0) is 29.0 Å². The van der Waals surface area contributed by atoms with E-state index < -0.39 is 6.04 Å². The Kier molecular flexibility index (Phi) is 9.29. The van der Waals surface area contributed by atoms with Crippen molar-refractivity contribution in [2.75, 3.05) is 6.54 Å². The lowest BCUT2D eigenvalue weighted by Crippen LogP contribution is -2.51. The summed E-state index contributed by atoms with van der Waals surface area (Å²) in [4.78, 5) is 28.9. The second-order valence-electron chi connectivity index (χ2n) is 9.06. The predicted octanol–water partition coefficient (Wildman–Crippen LogP) is 5.60. The Morgan fingerprint density at radius 3 is 2.15 bits per heavy atom. The van der Waals surface area contributed by atoms with E-state index in [0.29, 0.717) is 30.5 Å². The number of carbonyl (C=O) groups excluding carboxylic acids is 2. The number of halogens is 1. The largest absolute Gasteiger partial charge is 0.354 e. The van der Waals surface area contributed by atoms with Gasteiger partial charge < -0.3 is 10.2 Å². The average molecular weight is 477 g/mol. The first kappa shape index (κ1) is 25.5. The molecule has 3 aromatic rings. The SMILES string of the molecule is Cc1ccccc1CN(C(=O)Cc1ccccc1Cl)[C@H](Cc1ccccc1)C(=O)NCC(C)C. The molecule has 4 nitrogen and oxygen atoms in total. The van der Waals surface area contributed by atoms with Crippen molar-refractivity contribution in [3.05, 3.63) is 106 Å². The van der Waals surface area contributed by atoms with Crippen molar-refractivity contribution < 1.29 is 9.59 Å². The van der Waals surface area contributed by atoms with Gasteiger partial charge in [-0.05, 0) is 41.2 Å². The lowest BCUT2D eigenvalue weighted by molar-refractivity contribution is -0.140. The molecule has 1 atom stereocenters. The first-order valence-electron chi connectivity index (χ1n) is 11.7. The summed E-state index contributed by atoms with van der Waals surface area (Å²) < 4.78 is 0. The Hall–Kier alpha value is -3.11. The zero-order chi connectivity index (χ0) is 24.5. The van der Waals surface area contributed by atoms with Crippen molar-refractivity contribution >= 4 is 23.4 Å². The number of rotatable bonds is 10. The fourth-order valence-electron chi connectivity index (χ4n) is 3.85. The summed E-state index contributed by atoms with van der Waals surface area (Å²) in [6.45, 7) is 7.04. The number of amides is 2. The molecule has 2 amide bonds. The maximum atomic E-state index is 13.7. The molecule has 1 N–H and O–H groups in total. The van der Waals surface area contributed by atoms with Gasteiger partial charge in [0, 0.05) is 24.5 Å². The molecule has 3 rings (SSSR count). The van der Waals surface area contributed by atoms with Gasteiger partial charge in [-0.1, -0.05) is 98.2 Å². The number of benzene rings is 3. The van der Waals surface area contributed by atoms with Gasteiger partial charge in [-0.3, -0.25) is 9.59 Å². The normalized spacial score (nSPS) is 11.8. The number of hydrogen-bond acceptors (Lipinski definition) is 2. The molecule has 0 spiro atoms. The Bertz CT molecular complexity index is 1100. The third-order valence-electron chi connectivity index (χ3n) is 5.86. The molecule has 0 saturated heterocycles. The van der Waals surface area contributed by atoms with E-state index in [0.717, 1.165) is 22.3 Å². The molecule has 3 aromatic carbocycles. The predicted molar refractivity (Wildman–Crippen MR) is 139 cm³/mol. The highest BCUT2D eigenvalue weighted by molar-refractivity contribution is 6.31. The van der Waals surface area contributed by atoms with Gasteiger partial charge >= 0.3 is 0 Å². The summed E-state index contributed by atoms with van der Waals surface area (Å²) in [6.07, 6.45) is 0.569. The third kappa shape index (κ3) is 7.19. The second-order valence-corrected chi connectivity index (χ2v) is 9.47. The quantitative estimate of drug-likeness (QED) is 0.414. The van der Waals surface area contributed by atoms with Crippen molar-refractivity contribution in [1.29, 1.82) is 0 Å². The van der Waals surface area contributed by atoms with Gasteiger partial charge in [0.05, 0.1) is 6.42 Å². The Balaban J connectivity index is 1.98. The highest BCUT2D eigenvalue weighted by Gasteiger charge is 2.31. The van der Waals surface area contributed by atoms with Crippen LogP contribution in [0.1, 0.15) is 36.1 Å². The number of aryl methyl sites for hydroxylation is 1. The summed E-state index contributed by atoms with van der Waals surface area (Å²) in [6, 6.07) is 24.5. The molecular weight excluding hydrogens is 444 g/mol. The smallest absolute Gasteiger partial charge is 0.243 e. The van der Waals surface area contributed by atoms with Crippen LogP contribution in [0.2, 0.25) is 5.02 Å². The molecule has 0 heterocycles. The molecule has 0 fully saturated rings. The molecule has 5 heteroatoms. The Morgan fingerprint density at radius 2 is 1.50 bits per heavy atom. The fourth-order valence-corrected chi connectivity index (χ4v) is 4.06. The Morgan fingerprint density at radius 1 is 0.882 bits per heavy atom. The molecule has 0 aliphatic heterocycles. The monoisotopic (exact) mass is 476 g/mol. The molecule has 0 aromatic heterocycles. The van der Waals surface area contributed by atoms with Gasteiger partial charge in [-0.2, -0.15) is 0 Å². The van der Waals surface area contributed by atoms with Crippen molar-refractivity contribution in [2.45, 2.75) is 46.2 Å². The topological polar surface area (TPSA) is 49.4 Å². The minimum absolute atomic E-state index is 0.128. The Labute approximate surface area is 207 Å². The lowest BCUT2D eigenvalue weighted by Gasteiger charge is -2.32. The van der Waals surface area contributed by atoms with Crippen molar-refractivity contribution in [3.8, 4) is 0 Å². The van der Waals surface area contributed by atoms with Crippen LogP contribution in [0.5, 0.6) is 0 Å². The van der Waals surface area contributed by atoms with E-state index in [1.54, 1.807) is 11.0 Å². The molecule has 0 aliphatic carbocycles. The van der Waals surface area contributed by atoms with Crippen LogP contribution in [0, 0.1) is 12.8 Å². The van der Waals surface area contributed by atoms with Crippen molar-refractivity contribution in [1.82, 2.24) is 10.2 Å². The molecule has 34 heavy (non-hydrogen) atoms. The zero-order valence-electron chi connectivity index (χ0n) is 20.1. The van der Waals surface area contributed by atoms with E-state index >= 15 is 0 Å². The van der Waals surface area contributed by atoms with Gasteiger partial charge in [-0.15, -0.1) is 0 Å². The molecule has 0 unspecified atom stereocenters. The maximum Gasteiger partial charge on any atom is 0.243 e. The number of hydrogen-bond donors (Lipinski definition) is 1. The minimum atomic E-state index is -0.643. The van der Waals surface area contributed by atoms with Crippen LogP contribution in [0.3, 0.4) is 0 Å². The summed E-state index contributed by atoms with van der Waals surface area (Å²) >= 11 is 6.36. The standard InChI is InChI=1S/C29H33ClN2O2/c1-21(2)19-31-29(34)27(17-23-12-5-4-6-13-23)32(20-25-15-8-7-11-22(25)3)28(33)18-24-14-9-10-16-26(24)30/h4-16,21,27H,17-20H2,1-3H3,(H,31,34)/t27-/m1/s1. The van der Waals surface area contributed by atoms with E-state index in [-0.39, 0.29) is 18.2 Å². The highest BCUT2D eigenvalue weighted by Crippen LogP contribution is 2.21. The summed E-state index contributed by atoms with van der Waals surface area (Å²) in [7, 11) is 0. The number of nitrogens with one attached hydrogen (secondary N) is 1. The lowest BCUT2D eigenvalue weighted by atomic mass is 10.00. The minimum Gasteiger partial charge on any atom is -0.354 e. The number of carbonyl (C=O) groups is 2. The fraction of sp³-hybridized carbons (Fsp3) is 0.310. The van der Waals surface area contributed by atoms with Crippen LogP contribution in [-0.4, -0.2) is 29.3 Å². The van der Waals surface area contributed by atoms with Gasteiger partial charge in [0.25, 0.3) is 0 Å². The first-order chi connectivity index (χ1) is 16.3. The van der Waals surface area contributed by atoms with Crippen molar-refractivity contribution in [3.63, 3.8) is 0 Å². The molecule has 178 valence electrons. The average Bonchev–Trinajstić information content (AvgIpc) is 2.83. The van der Waals surface area contributed by atoms with Crippen LogP contribution >= 0.6 is 11.6 Å². The summed E-state index contributed by atoms with van der Waals surface area (Å²) in [5.74, 6) is 0.0422. The van der Waals surface area contributed by atoms with E-state index in [4.69, 9.17) is 11.6 Å². The van der Waals surface area contributed by atoms with Crippen LogP contribution in [0.4, 0.5) is 0 Å². The maximum absolute atomic E-state index is 13.7.